The minimum atomic E-state index is -0.158. The van der Waals surface area contributed by atoms with Gasteiger partial charge >= 0.3 is 0 Å². The molecule has 10 nitrogen and oxygen atoms in total. The third kappa shape index (κ3) is 4.92. The Labute approximate surface area is 178 Å². The lowest BCUT2D eigenvalue weighted by molar-refractivity contribution is -0.116. The van der Waals surface area contributed by atoms with Gasteiger partial charge in [0.05, 0.1) is 6.61 Å². The molecule has 0 saturated carbocycles. The number of carbonyl (C=O) groups is 1. The smallest absolute Gasteiger partial charge is 0.227 e. The van der Waals surface area contributed by atoms with Gasteiger partial charge in [0.25, 0.3) is 0 Å². The van der Waals surface area contributed by atoms with Gasteiger partial charge in [-0.25, -0.2) is 4.68 Å². The summed E-state index contributed by atoms with van der Waals surface area (Å²) in [6.45, 7) is 2.54. The van der Waals surface area contributed by atoms with Crippen molar-refractivity contribution in [1.82, 2.24) is 30.3 Å². The molecule has 10 heteroatoms. The summed E-state index contributed by atoms with van der Waals surface area (Å²) in [5.74, 6) is 2.12. The van der Waals surface area contributed by atoms with E-state index in [0.717, 1.165) is 16.9 Å². The molecule has 31 heavy (non-hydrogen) atoms. The summed E-state index contributed by atoms with van der Waals surface area (Å²) in [7, 11) is 1.76. The Morgan fingerprint density at radius 1 is 1.16 bits per heavy atom. The van der Waals surface area contributed by atoms with Gasteiger partial charge in [0, 0.05) is 36.7 Å². The summed E-state index contributed by atoms with van der Waals surface area (Å²) >= 11 is 0. The van der Waals surface area contributed by atoms with Gasteiger partial charge in [-0.2, -0.15) is 4.98 Å². The molecule has 0 radical (unpaired) electrons. The van der Waals surface area contributed by atoms with Gasteiger partial charge < -0.3 is 14.6 Å². The van der Waals surface area contributed by atoms with Crippen molar-refractivity contribution < 1.29 is 14.1 Å². The maximum absolute atomic E-state index is 12.4. The normalized spacial score (nSPS) is 10.8. The standard InChI is InChI=1S/C21H21N7O3/c1-3-30-17-9-7-14(8-10-17)20-23-19(31-25-20)12-11-18(29)22-16-6-4-5-15(13-16)21-24-26-27-28(21)2/h4-10,13H,3,11-12H2,1-2H3,(H,22,29). The Bertz CT molecular complexity index is 1170. The van der Waals surface area contributed by atoms with Crippen molar-refractivity contribution in [3.63, 3.8) is 0 Å². The van der Waals surface area contributed by atoms with E-state index in [1.165, 1.54) is 0 Å². The number of anilines is 1. The Balaban J connectivity index is 1.34. The number of benzene rings is 2. The largest absolute Gasteiger partial charge is 0.494 e. The number of amides is 1. The fraction of sp³-hybridized carbons (Fsp3) is 0.238. The first kappa shape index (κ1) is 20.2. The molecule has 2 aromatic heterocycles. The molecule has 2 heterocycles. The predicted molar refractivity (Wildman–Crippen MR) is 112 cm³/mol. The van der Waals surface area contributed by atoms with Crippen LogP contribution in [0, 0.1) is 0 Å². The molecule has 1 N–H and O–H groups in total. The quantitative estimate of drug-likeness (QED) is 0.463. The van der Waals surface area contributed by atoms with Crippen LogP contribution >= 0.6 is 0 Å². The van der Waals surface area contributed by atoms with Crippen LogP contribution in [0.2, 0.25) is 0 Å². The molecule has 2 aromatic carbocycles. The van der Waals surface area contributed by atoms with E-state index in [4.69, 9.17) is 9.26 Å². The molecule has 0 bridgehead atoms. The molecule has 0 unspecified atom stereocenters. The third-order valence-electron chi connectivity index (χ3n) is 4.48. The number of carbonyl (C=O) groups excluding carboxylic acids is 1. The summed E-state index contributed by atoms with van der Waals surface area (Å²) in [4.78, 5) is 16.7. The van der Waals surface area contributed by atoms with Crippen LogP contribution in [0.25, 0.3) is 22.8 Å². The summed E-state index contributed by atoms with van der Waals surface area (Å²) < 4.78 is 12.3. The Morgan fingerprint density at radius 2 is 2.00 bits per heavy atom. The van der Waals surface area contributed by atoms with E-state index in [0.29, 0.717) is 36.3 Å². The number of nitrogens with one attached hydrogen (secondary N) is 1. The second-order valence-corrected chi connectivity index (χ2v) is 6.72. The lowest BCUT2D eigenvalue weighted by atomic mass is 10.2. The second-order valence-electron chi connectivity index (χ2n) is 6.72. The van der Waals surface area contributed by atoms with Gasteiger partial charge in [0.2, 0.25) is 17.6 Å². The third-order valence-corrected chi connectivity index (χ3v) is 4.48. The van der Waals surface area contributed by atoms with Crippen molar-refractivity contribution in [2.24, 2.45) is 7.05 Å². The zero-order valence-corrected chi connectivity index (χ0v) is 17.1. The van der Waals surface area contributed by atoms with Crippen molar-refractivity contribution in [2.45, 2.75) is 19.8 Å². The SMILES string of the molecule is CCOc1ccc(-c2noc(CCC(=O)Nc3cccc(-c4nnnn4C)c3)n2)cc1. The molecular formula is C21H21N7O3. The van der Waals surface area contributed by atoms with Gasteiger partial charge in [-0.1, -0.05) is 17.3 Å². The summed E-state index contributed by atoms with van der Waals surface area (Å²) in [6.07, 6.45) is 0.545. The Morgan fingerprint density at radius 3 is 2.74 bits per heavy atom. The lowest BCUT2D eigenvalue weighted by Gasteiger charge is -2.06. The maximum Gasteiger partial charge on any atom is 0.227 e. The first-order valence-electron chi connectivity index (χ1n) is 9.81. The second kappa shape index (κ2) is 9.16. The van der Waals surface area contributed by atoms with Crippen LogP contribution in [0.4, 0.5) is 5.69 Å². The average molecular weight is 419 g/mol. The first-order valence-corrected chi connectivity index (χ1v) is 9.81. The summed E-state index contributed by atoms with van der Waals surface area (Å²) in [6, 6.07) is 14.8. The Kier molecular flexibility index (Phi) is 5.97. The first-order chi connectivity index (χ1) is 15.1. The number of rotatable bonds is 8. The van der Waals surface area contributed by atoms with Crippen molar-refractivity contribution in [3.8, 4) is 28.5 Å². The number of hydrogen-bond donors (Lipinski definition) is 1. The van der Waals surface area contributed by atoms with Gasteiger partial charge in [-0.05, 0) is 53.7 Å². The molecule has 0 atom stereocenters. The maximum atomic E-state index is 12.4. The molecule has 0 spiro atoms. The van der Waals surface area contributed by atoms with Gasteiger partial charge in [-0.3, -0.25) is 4.79 Å². The number of ether oxygens (including phenoxy) is 1. The number of aromatic nitrogens is 6. The molecular weight excluding hydrogens is 398 g/mol. The molecule has 1 amide bonds. The van der Waals surface area contributed by atoms with Crippen molar-refractivity contribution >= 4 is 11.6 Å². The highest BCUT2D eigenvalue weighted by molar-refractivity contribution is 5.91. The van der Waals surface area contributed by atoms with Crippen LogP contribution in [0.1, 0.15) is 19.2 Å². The zero-order chi connectivity index (χ0) is 21.6. The molecule has 0 saturated heterocycles. The van der Waals surface area contributed by atoms with E-state index >= 15 is 0 Å². The number of hydrogen-bond acceptors (Lipinski definition) is 8. The molecule has 0 aliphatic rings. The van der Waals surface area contributed by atoms with Crippen LogP contribution < -0.4 is 10.1 Å². The van der Waals surface area contributed by atoms with Crippen molar-refractivity contribution in [2.75, 3.05) is 11.9 Å². The highest BCUT2D eigenvalue weighted by Gasteiger charge is 2.12. The van der Waals surface area contributed by atoms with Gasteiger partial charge in [0.1, 0.15) is 5.75 Å². The van der Waals surface area contributed by atoms with E-state index in [1.54, 1.807) is 11.7 Å². The van der Waals surface area contributed by atoms with Gasteiger partial charge in [-0.15, -0.1) is 5.10 Å². The highest BCUT2D eigenvalue weighted by Crippen LogP contribution is 2.21. The molecule has 4 rings (SSSR count). The molecule has 0 fully saturated rings. The van der Waals surface area contributed by atoms with Crippen LogP contribution in [-0.2, 0) is 18.3 Å². The summed E-state index contributed by atoms with van der Waals surface area (Å²) in [5, 5.41) is 18.3. The molecule has 158 valence electrons. The predicted octanol–water partition coefficient (Wildman–Crippen LogP) is 2.90. The number of aryl methyl sites for hydroxylation is 2. The van der Waals surface area contributed by atoms with E-state index in [-0.39, 0.29) is 12.3 Å². The van der Waals surface area contributed by atoms with E-state index in [1.807, 2.05) is 55.5 Å². The molecule has 0 aliphatic heterocycles. The van der Waals surface area contributed by atoms with Crippen molar-refractivity contribution in [1.29, 1.82) is 0 Å². The number of tetrazole rings is 1. The monoisotopic (exact) mass is 419 g/mol. The lowest BCUT2D eigenvalue weighted by Crippen LogP contribution is -2.12. The van der Waals surface area contributed by atoms with E-state index < -0.39 is 0 Å². The van der Waals surface area contributed by atoms with Crippen molar-refractivity contribution in [3.05, 3.63) is 54.4 Å². The van der Waals surface area contributed by atoms with Crippen LogP contribution in [0.5, 0.6) is 5.75 Å². The van der Waals surface area contributed by atoms with E-state index in [2.05, 4.69) is 31.0 Å². The fourth-order valence-corrected chi connectivity index (χ4v) is 2.99. The molecule has 4 aromatic rings. The average Bonchev–Trinajstić information content (AvgIpc) is 3.42. The van der Waals surface area contributed by atoms with Gasteiger partial charge in [0.15, 0.2) is 5.82 Å². The minimum absolute atomic E-state index is 0.158. The topological polar surface area (TPSA) is 121 Å². The number of nitrogens with zero attached hydrogens (tertiary/aromatic N) is 6. The highest BCUT2D eigenvalue weighted by atomic mass is 16.5. The fourth-order valence-electron chi connectivity index (χ4n) is 2.99. The van der Waals surface area contributed by atoms with Crippen LogP contribution in [-0.4, -0.2) is 42.9 Å². The van der Waals surface area contributed by atoms with E-state index in [9.17, 15) is 4.79 Å². The molecule has 0 aliphatic carbocycles. The summed E-state index contributed by atoms with van der Waals surface area (Å²) in [5.41, 5.74) is 2.28. The zero-order valence-electron chi connectivity index (χ0n) is 17.1. The van der Waals surface area contributed by atoms with Crippen LogP contribution in [0.15, 0.2) is 53.1 Å². The minimum Gasteiger partial charge on any atom is -0.494 e. The van der Waals surface area contributed by atoms with Crippen LogP contribution in [0.3, 0.4) is 0 Å². The Hall–Kier alpha value is -4.08.